The number of benzene rings is 1. The largest absolute Gasteiger partial charge is 0.484 e. The van der Waals surface area contributed by atoms with E-state index in [2.05, 4.69) is 0 Å². The van der Waals surface area contributed by atoms with Crippen LogP contribution in [-0.4, -0.2) is 43.7 Å². The molecule has 0 aliphatic carbocycles. The Morgan fingerprint density at radius 2 is 2.10 bits per heavy atom. The molecule has 1 aliphatic heterocycles. The van der Waals surface area contributed by atoms with Gasteiger partial charge in [-0.1, -0.05) is 17.7 Å². The molecule has 1 atom stereocenters. The third kappa shape index (κ3) is 5.38. The Morgan fingerprint density at radius 1 is 1.33 bits per heavy atom. The average Bonchev–Trinajstić information content (AvgIpc) is 2.52. The first-order valence-electron chi connectivity index (χ1n) is 7.70. The zero-order valence-corrected chi connectivity index (χ0v) is 13.0. The third-order valence-electron chi connectivity index (χ3n) is 3.87. The van der Waals surface area contributed by atoms with E-state index in [1.807, 2.05) is 38.2 Å². The van der Waals surface area contributed by atoms with E-state index >= 15 is 0 Å². The summed E-state index contributed by atoms with van der Waals surface area (Å²) >= 11 is 0. The SMILES string of the molecule is Cc1ccc(OCC(=O)N(C)CCC2CCCCO2)cc1. The van der Waals surface area contributed by atoms with E-state index in [1.54, 1.807) is 4.90 Å². The second kappa shape index (κ2) is 8.03. The molecule has 4 heteroatoms. The van der Waals surface area contributed by atoms with Crippen molar-refractivity contribution in [3.8, 4) is 5.75 Å². The average molecular weight is 291 g/mol. The van der Waals surface area contributed by atoms with E-state index in [-0.39, 0.29) is 12.5 Å². The van der Waals surface area contributed by atoms with Crippen molar-refractivity contribution >= 4 is 5.91 Å². The summed E-state index contributed by atoms with van der Waals surface area (Å²) in [4.78, 5) is 13.7. The minimum absolute atomic E-state index is 0.00591. The van der Waals surface area contributed by atoms with Gasteiger partial charge in [0.25, 0.3) is 5.91 Å². The first kappa shape index (κ1) is 15.8. The quantitative estimate of drug-likeness (QED) is 0.809. The maximum Gasteiger partial charge on any atom is 0.260 e. The Morgan fingerprint density at radius 3 is 2.76 bits per heavy atom. The highest BCUT2D eigenvalue weighted by Gasteiger charge is 2.16. The fourth-order valence-corrected chi connectivity index (χ4v) is 2.39. The summed E-state index contributed by atoms with van der Waals surface area (Å²) in [6.07, 6.45) is 4.73. The maximum atomic E-state index is 12.0. The van der Waals surface area contributed by atoms with Crippen molar-refractivity contribution in [1.82, 2.24) is 4.90 Å². The minimum Gasteiger partial charge on any atom is -0.484 e. The summed E-state index contributed by atoms with van der Waals surface area (Å²) in [5.74, 6) is 0.740. The van der Waals surface area contributed by atoms with Gasteiger partial charge in [0.1, 0.15) is 5.75 Å². The lowest BCUT2D eigenvalue weighted by molar-refractivity contribution is -0.132. The molecule has 0 spiro atoms. The second-order valence-corrected chi connectivity index (χ2v) is 5.69. The predicted molar refractivity (Wildman–Crippen MR) is 82.5 cm³/mol. The lowest BCUT2D eigenvalue weighted by Crippen LogP contribution is -2.34. The smallest absolute Gasteiger partial charge is 0.260 e. The van der Waals surface area contributed by atoms with Crippen LogP contribution in [0.4, 0.5) is 0 Å². The number of nitrogens with zero attached hydrogens (tertiary/aromatic N) is 1. The van der Waals surface area contributed by atoms with Gasteiger partial charge in [0.2, 0.25) is 0 Å². The van der Waals surface area contributed by atoms with Crippen molar-refractivity contribution in [2.75, 3.05) is 26.8 Å². The Bertz CT molecular complexity index is 438. The number of likely N-dealkylation sites (N-methyl/N-ethyl adjacent to an activating group) is 1. The van der Waals surface area contributed by atoms with Crippen molar-refractivity contribution in [3.63, 3.8) is 0 Å². The van der Waals surface area contributed by atoms with Gasteiger partial charge in [-0.05, 0) is 44.7 Å². The van der Waals surface area contributed by atoms with E-state index in [9.17, 15) is 4.79 Å². The van der Waals surface area contributed by atoms with E-state index in [0.29, 0.717) is 6.10 Å². The zero-order chi connectivity index (χ0) is 15.1. The van der Waals surface area contributed by atoms with Gasteiger partial charge in [0, 0.05) is 20.2 Å². The summed E-state index contributed by atoms with van der Waals surface area (Å²) in [7, 11) is 1.82. The van der Waals surface area contributed by atoms with Crippen LogP contribution in [0.3, 0.4) is 0 Å². The van der Waals surface area contributed by atoms with Gasteiger partial charge >= 0.3 is 0 Å². The molecule has 1 amide bonds. The highest BCUT2D eigenvalue weighted by molar-refractivity contribution is 5.77. The molecule has 1 saturated heterocycles. The van der Waals surface area contributed by atoms with Crippen LogP contribution < -0.4 is 4.74 Å². The highest BCUT2D eigenvalue weighted by Crippen LogP contribution is 2.16. The highest BCUT2D eigenvalue weighted by atomic mass is 16.5. The summed E-state index contributed by atoms with van der Waals surface area (Å²) in [6.45, 7) is 3.70. The van der Waals surface area contributed by atoms with Gasteiger partial charge in [-0.15, -0.1) is 0 Å². The van der Waals surface area contributed by atoms with Gasteiger partial charge in [0.15, 0.2) is 6.61 Å². The Hall–Kier alpha value is -1.55. The van der Waals surface area contributed by atoms with Crippen LogP contribution >= 0.6 is 0 Å². The minimum atomic E-state index is 0.00591. The van der Waals surface area contributed by atoms with Crippen LogP contribution in [0.25, 0.3) is 0 Å². The van der Waals surface area contributed by atoms with Gasteiger partial charge in [0.05, 0.1) is 6.10 Å². The molecule has 2 rings (SSSR count). The number of aryl methyl sites for hydroxylation is 1. The molecule has 0 N–H and O–H groups in total. The Labute approximate surface area is 127 Å². The number of carbonyl (C=O) groups is 1. The van der Waals surface area contributed by atoms with Crippen molar-refractivity contribution in [2.24, 2.45) is 0 Å². The van der Waals surface area contributed by atoms with Crippen molar-refractivity contribution in [2.45, 2.75) is 38.7 Å². The normalized spacial score (nSPS) is 18.3. The molecule has 4 nitrogen and oxygen atoms in total. The molecule has 1 heterocycles. The fraction of sp³-hybridized carbons (Fsp3) is 0.588. The maximum absolute atomic E-state index is 12.0. The molecule has 116 valence electrons. The molecule has 0 aromatic heterocycles. The molecular weight excluding hydrogens is 266 g/mol. The predicted octanol–water partition coefficient (Wildman–Crippen LogP) is 2.79. The van der Waals surface area contributed by atoms with E-state index in [1.165, 1.54) is 12.0 Å². The number of hydrogen-bond donors (Lipinski definition) is 0. The molecule has 1 unspecified atom stereocenters. The monoisotopic (exact) mass is 291 g/mol. The summed E-state index contributed by atoms with van der Waals surface area (Å²) in [5.41, 5.74) is 1.18. The van der Waals surface area contributed by atoms with Crippen LogP contribution in [0.15, 0.2) is 24.3 Å². The Kier molecular flexibility index (Phi) is 6.05. The molecule has 1 aromatic carbocycles. The van der Waals surface area contributed by atoms with Gasteiger partial charge in [-0.2, -0.15) is 0 Å². The van der Waals surface area contributed by atoms with Crippen LogP contribution in [-0.2, 0) is 9.53 Å². The lowest BCUT2D eigenvalue weighted by atomic mass is 10.1. The summed E-state index contributed by atoms with van der Waals surface area (Å²) in [6, 6.07) is 7.73. The van der Waals surface area contributed by atoms with Gasteiger partial charge in [-0.3, -0.25) is 4.79 Å². The first-order valence-corrected chi connectivity index (χ1v) is 7.70. The van der Waals surface area contributed by atoms with Crippen LogP contribution in [0.5, 0.6) is 5.75 Å². The van der Waals surface area contributed by atoms with Crippen LogP contribution in [0, 0.1) is 6.92 Å². The molecule has 1 aromatic rings. The standard InChI is InChI=1S/C17H25NO3/c1-14-6-8-16(9-7-14)21-13-17(19)18(2)11-10-15-5-3-4-12-20-15/h6-9,15H,3-5,10-13H2,1-2H3. The second-order valence-electron chi connectivity index (χ2n) is 5.69. The van der Waals surface area contributed by atoms with Gasteiger partial charge in [-0.25, -0.2) is 0 Å². The Balaban J connectivity index is 1.68. The van der Waals surface area contributed by atoms with Crippen LogP contribution in [0.1, 0.15) is 31.2 Å². The summed E-state index contributed by atoms with van der Waals surface area (Å²) in [5, 5.41) is 0. The molecule has 21 heavy (non-hydrogen) atoms. The first-order chi connectivity index (χ1) is 10.1. The molecule has 0 radical (unpaired) electrons. The van der Waals surface area contributed by atoms with Crippen molar-refractivity contribution < 1.29 is 14.3 Å². The number of carbonyl (C=O) groups excluding carboxylic acids is 1. The van der Waals surface area contributed by atoms with Gasteiger partial charge < -0.3 is 14.4 Å². The van der Waals surface area contributed by atoms with E-state index < -0.39 is 0 Å². The van der Waals surface area contributed by atoms with Crippen LogP contribution in [0.2, 0.25) is 0 Å². The number of rotatable bonds is 6. The molecule has 0 bridgehead atoms. The third-order valence-corrected chi connectivity index (χ3v) is 3.87. The lowest BCUT2D eigenvalue weighted by Gasteiger charge is -2.25. The summed E-state index contributed by atoms with van der Waals surface area (Å²) < 4.78 is 11.2. The van der Waals surface area contributed by atoms with Crippen molar-refractivity contribution in [1.29, 1.82) is 0 Å². The molecule has 1 fully saturated rings. The molecule has 0 saturated carbocycles. The zero-order valence-electron chi connectivity index (χ0n) is 13.0. The molecule has 1 aliphatic rings. The number of ether oxygens (including phenoxy) is 2. The fourth-order valence-electron chi connectivity index (χ4n) is 2.39. The topological polar surface area (TPSA) is 38.8 Å². The van der Waals surface area contributed by atoms with Crippen molar-refractivity contribution in [3.05, 3.63) is 29.8 Å². The van der Waals surface area contributed by atoms with E-state index in [4.69, 9.17) is 9.47 Å². The number of amides is 1. The number of hydrogen-bond acceptors (Lipinski definition) is 3. The molecular formula is C17H25NO3. The van der Waals surface area contributed by atoms with E-state index in [0.717, 1.165) is 38.2 Å².